The molecule has 2 N–H and O–H groups in total. The Labute approximate surface area is 310 Å². The van der Waals surface area contributed by atoms with Crippen LogP contribution in [0.15, 0.2) is 54.6 Å². The van der Waals surface area contributed by atoms with Crippen LogP contribution < -0.4 is 5.32 Å². The summed E-state index contributed by atoms with van der Waals surface area (Å²) in [4.78, 5) is 57.2. The fourth-order valence-corrected chi connectivity index (χ4v) is 9.77. The molecule has 9 heteroatoms. The van der Waals surface area contributed by atoms with Gasteiger partial charge >= 0.3 is 12.1 Å². The predicted molar refractivity (Wildman–Crippen MR) is 203 cm³/mol. The van der Waals surface area contributed by atoms with Crippen molar-refractivity contribution in [3.8, 4) is 0 Å². The molecule has 284 valence electrons. The smallest absolute Gasteiger partial charge is 0.408 e. The molecule has 5 rings (SSSR count). The van der Waals surface area contributed by atoms with Gasteiger partial charge in [-0.1, -0.05) is 84.0 Å². The van der Waals surface area contributed by atoms with E-state index < -0.39 is 29.1 Å². The summed E-state index contributed by atoms with van der Waals surface area (Å²) in [5.41, 5.74) is 0.764. The number of ether oxygens (including phenoxy) is 1. The molecule has 3 fully saturated rings. The topological polar surface area (TPSA) is 116 Å². The summed E-state index contributed by atoms with van der Waals surface area (Å²) < 4.78 is 5.49. The minimum atomic E-state index is -0.915. The summed E-state index contributed by atoms with van der Waals surface area (Å²) in [7, 11) is 0. The van der Waals surface area contributed by atoms with E-state index in [4.69, 9.17) is 4.74 Å². The molecule has 9 nitrogen and oxygen atoms in total. The highest BCUT2D eigenvalue weighted by molar-refractivity contribution is 5.90. The third-order valence-corrected chi connectivity index (χ3v) is 13.2. The zero-order valence-electron chi connectivity index (χ0n) is 32.9. The predicted octanol–water partition coefficient (Wildman–Crippen LogP) is 8.03. The number of rotatable bonds is 8. The number of benzene rings is 2. The summed E-state index contributed by atoms with van der Waals surface area (Å²) in [5, 5.41) is 12.3. The van der Waals surface area contributed by atoms with Gasteiger partial charge in [-0.05, 0) is 111 Å². The van der Waals surface area contributed by atoms with Crippen LogP contribution in [-0.2, 0) is 19.7 Å². The number of hydrogen-bond acceptors (Lipinski definition) is 5. The molecule has 3 amide bonds. The van der Waals surface area contributed by atoms with Crippen molar-refractivity contribution >= 4 is 23.9 Å². The number of fused-ring (bicyclic) bond motifs is 1. The lowest BCUT2D eigenvalue weighted by molar-refractivity contribution is -0.171. The van der Waals surface area contributed by atoms with Crippen LogP contribution in [0.1, 0.15) is 128 Å². The molecular weight excluding hydrogens is 654 g/mol. The number of alkyl carbamates (subject to hydrolysis) is 1. The van der Waals surface area contributed by atoms with E-state index in [1.807, 2.05) is 49.1 Å². The summed E-state index contributed by atoms with van der Waals surface area (Å²) in [5.74, 6) is -0.447. The number of carboxylic acids is 1. The largest absolute Gasteiger partial charge is 0.478 e. The van der Waals surface area contributed by atoms with Crippen LogP contribution in [0, 0.1) is 22.2 Å². The first kappa shape index (κ1) is 39.3. The minimum absolute atomic E-state index is 0.0621. The van der Waals surface area contributed by atoms with Crippen molar-refractivity contribution in [1.82, 2.24) is 15.1 Å². The Kier molecular flexibility index (Phi) is 11.0. The van der Waals surface area contributed by atoms with Crippen molar-refractivity contribution in [3.05, 3.63) is 71.3 Å². The number of carboxylic acid groups (broad SMARTS) is 1. The lowest BCUT2D eigenvalue weighted by Crippen LogP contribution is -2.65. The van der Waals surface area contributed by atoms with Crippen LogP contribution >= 0.6 is 0 Å². The van der Waals surface area contributed by atoms with Gasteiger partial charge in [0.05, 0.1) is 11.0 Å². The number of nitrogens with zero attached hydrogens (tertiary/aromatic N) is 2. The zero-order chi connectivity index (χ0) is 38.3. The maximum Gasteiger partial charge on any atom is 0.408 e. The molecule has 52 heavy (non-hydrogen) atoms. The Hall–Kier alpha value is -3.88. The van der Waals surface area contributed by atoms with Gasteiger partial charge in [-0.2, -0.15) is 0 Å². The van der Waals surface area contributed by atoms with Gasteiger partial charge in [0.15, 0.2) is 0 Å². The Balaban J connectivity index is 1.35. The highest BCUT2D eigenvalue weighted by Crippen LogP contribution is 2.67. The van der Waals surface area contributed by atoms with E-state index in [1.54, 1.807) is 32.9 Å². The molecule has 1 aliphatic carbocycles. The van der Waals surface area contributed by atoms with E-state index in [0.717, 1.165) is 24.8 Å². The quantitative estimate of drug-likeness (QED) is 0.286. The molecular formula is C43H61N3O6. The van der Waals surface area contributed by atoms with Crippen LogP contribution in [0.5, 0.6) is 0 Å². The molecule has 0 bridgehead atoms. The number of likely N-dealkylation sites (tertiary alicyclic amines) is 2. The Morgan fingerprint density at radius 3 is 2.02 bits per heavy atom. The van der Waals surface area contributed by atoms with Gasteiger partial charge in [-0.25, -0.2) is 9.59 Å². The Morgan fingerprint density at radius 1 is 0.865 bits per heavy atom. The van der Waals surface area contributed by atoms with E-state index in [2.05, 4.69) is 50.0 Å². The normalized spacial score (nSPS) is 26.2. The first-order chi connectivity index (χ1) is 24.2. The lowest BCUT2D eigenvalue weighted by atomic mass is 9.41. The summed E-state index contributed by atoms with van der Waals surface area (Å²) in [6, 6.07) is 16.8. The molecule has 1 saturated carbocycles. The second-order valence-electron chi connectivity index (χ2n) is 18.2. The van der Waals surface area contributed by atoms with Crippen molar-refractivity contribution in [3.63, 3.8) is 0 Å². The van der Waals surface area contributed by atoms with Crippen molar-refractivity contribution < 1.29 is 29.0 Å². The zero-order valence-corrected chi connectivity index (χ0v) is 32.9. The number of aromatic carboxylic acids is 1. The van der Waals surface area contributed by atoms with Crippen LogP contribution in [-0.4, -0.2) is 76.6 Å². The van der Waals surface area contributed by atoms with Crippen LogP contribution in [0.2, 0.25) is 0 Å². The first-order valence-electron chi connectivity index (χ1n) is 19.2. The summed E-state index contributed by atoms with van der Waals surface area (Å²) in [6.45, 7) is 21.1. The Bertz CT molecular complexity index is 1620. The number of amides is 3. The third kappa shape index (κ3) is 7.47. The third-order valence-electron chi connectivity index (χ3n) is 13.2. The van der Waals surface area contributed by atoms with Gasteiger partial charge in [0.1, 0.15) is 11.6 Å². The second-order valence-corrected chi connectivity index (χ2v) is 18.2. The lowest BCUT2D eigenvalue weighted by Gasteiger charge is -2.66. The van der Waals surface area contributed by atoms with Gasteiger partial charge in [-0.3, -0.25) is 9.59 Å². The molecule has 2 aliphatic heterocycles. The molecule has 2 aromatic carbocycles. The molecule has 2 aromatic rings. The standard InChI is InChI=1S/C43H61N3O6/c1-29(2)27-34(44-38(51)52-39(3,4)5)35(47)45-25-22-43(23-26-45,32-13-11-10-12-14-32)37(50)46-24-21-42(9)40(6,7)33(19-20-41(42,8)28-46)30-15-17-31(18-16-30)36(48)49/h10-18,29,33-34H,19-28H2,1-9H3,(H,44,51)(H,48,49)/t33-,34-,41-,42+/m1/s1. The number of piperidine rings is 2. The molecule has 4 atom stereocenters. The fraction of sp³-hybridized carbons (Fsp3) is 0.628. The van der Waals surface area contributed by atoms with Gasteiger partial charge in [0.2, 0.25) is 11.8 Å². The number of carbonyl (C=O) groups is 4. The number of hydrogen-bond donors (Lipinski definition) is 2. The van der Waals surface area contributed by atoms with E-state index in [-0.39, 0.29) is 39.9 Å². The monoisotopic (exact) mass is 715 g/mol. The van der Waals surface area contributed by atoms with Crippen molar-refractivity contribution in [2.75, 3.05) is 26.2 Å². The number of carbonyl (C=O) groups excluding carboxylic acids is 3. The molecule has 3 aliphatic rings. The Morgan fingerprint density at radius 2 is 1.46 bits per heavy atom. The molecule has 0 unspecified atom stereocenters. The van der Waals surface area contributed by atoms with Crippen molar-refractivity contribution in [2.45, 2.75) is 124 Å². The van der Waals surface area contributed by atoms with E-state index in [1.165, 1.54) is 5.56 Å². The van der Waals surface area contributed by atoms with Crippen LogP contribution in [0.3, 0.4) is 0 Å². The molecule has 0 spiro atoms. The van der Waals surface area contributed by atoms with Crippen LogP contribution in [0.25, 0.3) is 0 Å². The van der Waals surface area contributed by atoms with Crippen molar-refractivity contribution in [1.29, 1.82) is 0 Å². The molecule has 0 radical (unpaired) electrons. The average Bonchev–Trinajstić information content (AvgIpc) is 3.07. The maximum absolute atomic E-state index is 15.1. The van der Waals surface area contributed by atoms with Gasteiger partial charge in [0.25, 0.3) is 0 Å². The summed E-state index contributed by atoms with van der Waals surface area (Å²) in [6.07, 6.45) is 3.70. The molecule has 2 heterocycles. The molecule has 0 aromatic heterocycles. The van der Waals surface area contributed by atoms with Crippen LogP contribution in [0.4, 0.5) is 4.79 Å². The van der Waals surface area contributed by atoms with Gasteiger partial charge < -0.3 is 25.0 Å². The van der Waals surface area contributed by atoms with E-state index in [9.17, 15) is 19.5 Å². The number of nitrogens with one attached hydrogen (secondary N) is 1. The fourth-order valence-electron chi connectivity index (χ4n) is 9.77. The van der Waals surface area contributed by atoms with Crippen molar-refractivity contribution in [2.24, 2.45) is 22.2 Å². The first-order valence-corrected chi connectivity index (χ1v) is 19.2. The average molecular weight is 716 g/mol. The van der Waals surface area contributed by atoms with Gasteiger partial charge in [0, 0.05) is 26.2 Å². The summed E-state index contributed by atoms with van der Waals surface area (Å²) >= 11 is 0. The molecule has 2 saturated heterocycles. The maximum atomic E-state index is 15.1. The van der Waals surface area contributed by atoms with E-state index >= 15 is 4.79 Å². The highest BCUT2D eigenvalue weighted by Gasteiger charge is 2.62. The SMILES string of the molecule is CC(C)C[C@@H](NC(=O)OC(C)(C)C)C(=O)N1CCC(C(=O)N2CC[C@@]3(C)C(C)(C)[C@@H](c4ccc(C(=O)O)cc4)CC[C@]3(C)C2)(c2ccccc2)CC1. The highest BCUT2D eigenvalue weighted by atomic mass is 16.6. The van der Waals surface area contributed by atoms with E-state index in [0.29, 0.717) is 51.0 Å². The second kappa shape index (κ2) is 14.5. The van der Waals surface area contributed by atoms with Gasteiger partial charge in [-0.15, -0.1) is 0 Å². The minimum Gasteiger partial charge on any atom is -0.478 e.